The monoisotopic (exact) mass is 472 g/mol. The van der Waals surface area contributed by atoms with E-state index >= 15 is 0 Å². The van der Waals surface area contributed by atoms with Crippen LogP contribution >= 0.6 is 0 Å². The van der Waals surface area contributed by atoms with Crippen molar-refractivity contribution in [3.8, 4) is 0 Å². The number of ether oxygens (including phenoxy) is 1. The molecule has 0 aliphatic rings. The van der Waals surface area contributed by atoms with Crippen LogP contribution in [-0.4, -0.2) is 37.3 Å². The minimum Gasteiger partial charge on any atom is -0.464 e. The lowest BCUT2D eigenvalue weighted by Gasteiger charge is -2.20. The number of hydrogen-bond donors (Lipinski definition) is 0. The van der Waals surface area contributed by atoms with Gasteiger partial charge in [-0.3, -0.25) is 0 Å². The minimum absolute atomic E-state index is 0.0500. The van der Waals surface area contributed by atoms with Gasteiger partial charge in [-0.25, -0.2) is 9.80 Å². The number of methoxy groups -OCH3 is 1. The molecule has 8 heteroatoms. The largest absolute Gasteiger partial charge is 0.464 e. The summed E-state index contributed by atoms with van der Waals surface area (Å²) in [7, 11) is 2.66. The number of para-hydroxylation sites is 2. The molecule has 0 fully saturated rings. The van der Waals surface area contributed by atoms with E-state index < -0.39 is 5.97 Å². The van der Waals surface area contributed by atoms with E-state index in [1.165, 1.54) is 14.2 Å². The topological polar surface area (TPSA) is 85.1 Å². The van der Waals surface area contributed by atoms with Gasteiger partial charge in [0.15, 0.2) is 5.71 Å². The smallest absolute Gasteiger partial charge is 0.360 e. The van der Waals surface area contributed by atoms with Crippen LogP contribution in [0, 0.1) is 0 Å². The second-order valence-electron chi connectivity index (χ2n) is 7.39. The normalized spacial score (nSPS) is 12.2. The van der Waals surface area contributed by atoms with E-state index in [4.69, 9.17) is 19.5 Å². The molecule has 0 heterocycles. The Morgan fingerprint density at radius 2 is 1.34 bits per heavy atom. The van der Waals surface area contributed by atoms with E-state index in [1.54, 1.807) is 12.1 Å². The van der Waals surface area contributed by atoms with Crippen molar-refractivity contribution in [3.63, 3.8) is 0 Å². The Morgan fingerprint density at radius 3 is 1.91 bits per heavy atom. The standard InChI is InChI=1S/C27H28N4O4/c1-20(28-31(23-14-7-5-8-15-23)24-16-9-6-10-17-24)21(2)29-35-19-22-13-11-12-18-25(22)26(30-34-4)27(32)33-3/h5-18H,19H2,1-4H3. The van der Waals surface area contributed by atoms with Crippen LogP contribution in [0.3, 0.4) is 0 Å². The van der Waals surface area contributed by atoms with Gasteiger partial charge in [0.1, 0.15) is 13.7 Å². The lowest BCUT2D eigenvalue weighted by atomic mass is 10.0. The summed E-state index contributed by atoms with van der Waals surface area (Å²) in [5.41, 5.74) is 4.44. The van der Waals surface area contributed by atoms with Gasteiger partial charge in [-0.1, -0.05) is 71.0 Å². The number of carbonyl (C=O) groups is 1. The molecule has 0 saturated heterocycles. The Bertz CT molecular complexity index is 1170. The van der Waals surface area contributed by atoms with Crippen molar-refractivity contribution in [2.75, 3.05) is 19.2 Å². The van der Waals surface area contributed by atoms with Crippen molar-refractivity contribution in [2.45, 2.75) is 20.5 Å². The SMILES string of the molecule is CON=C(C(=O)OC)c1ccccc1CON=C(C)C(C)=NN(c1ccccc1)c1ccccc1. The number of oxime groups is 2. The number of anilines is 2. The second kappa shape index (κ2) is 12.7. The van der Waals surface area contributed by atoms with Crippen LogP contribution in [0.15, 0.2) is 100 Å². The van der Waals surface area contributed by atoms with Gasteiger partial charge in [0.05, 0.1) is 29.9 Å². The molecule has 0 unspecified atom stereocenters. The van der Waals surface area contributed by atoms with Gasteiger partial charge in [0.25, 0.3) is 0 Å². The molecule has 0 radical (unpaired) electrons. The van der Waals surface area contributed by atoms with Gasteiger partial charge in [-0.2, -0.15) is 5.10 Å². The third-order valence-corrected chi connectivity index (χ3v) is 5.03. The predicted molar refractivity (Wildman–Crippen MR) is 138 cm³/mol. The maximum Gasteiger partial charge on any atom is 0.360 e. The van der Waals surface area contributed by atoms with E-state index in [0.717, 1.165) is 11.4 Å². The number of esters is 1. The number of hydrazone groups is 1. The average molecular weight is 473 g/mol. The first kappa shape index (κ1) is 25.2. The fraction of sp³-hybridized carbons (Fsp3) is 0.185. The highest BCUT2D eigenvalue weighted by Crippen LogP contribution is 2.25. The Hall–Kier alpha value is -4.46. The predicted octanol–water partition coefficient (Wildman–Crippen LogP) is 5.32. The Balaban J connectivity index is 1.81. The summed E-state index contributed by atoms with van der Waals surface area (Å²) in [6.07, 6.45) is 0. The fourth-order valence-corrected chi connectivity index (χ4v) is 3.15. The summed E-state index contributed by atoms with van der Waals surface area (Å²) < 4.78 is 4.82. The number of hydrogen-bond acceptors (Lipinski definition) is 8. The molecule has 3 aromatic rings. The van der Waals surface area contributed by atoms with Crippen LogP contribution in [-0.2, 0) is 25.8 Å². The van der Waals surface area contributed by atoms with Gasteiger partial charge >= 0.3 is 5.97 Å². The summed E-state index contributed by atoms with van der Waals surface area (Å²) in [6.45, 7) is 3.81. The first-order valence-corrected chi connectivity index (χ1v) is 10.9. The van der Waals surface area contributed by atoms with Crippen LogP contribution in [0.2, 0.25) is 0 Å². The molecule has 8 nitrogen and oxygen atoms in total. The van der Waals surface area contributed by atoms with E-state index in [9.17, 15) is 4.79 Å². The van der Waals surface area contributed by atoms with Gasteiger partial charge < -0.3 is 14.4 Å². The first-order valence-electron chi connectivity index (χ1n) is 10.9. The highest BCUT2D eigenvalue weighted by Gasteiger charge is 2.19. The lowest BCUT2D eigenvalue weighted by Crippen LogP contribution is -2.19. The second-order valence-corrected chi connectivity index (χ2v) is 7.39. The summed E-state index contributed by atoms with van der Waals surface area (Å²) in [5, 5.41) is 14.7. The van der Waals surface area contributed by atoms with E-state index in [1.807, 2.05) is 91.7 Å². The number of nitrogens with zero attached hydrogens (tertiary/aromatic N) is 4. The molecule has 0 bridgehead atoms. The quantitative estimate of drug-likeness (QED) is 0.227. The molecule has 0 N–H and O–H groups in total. The van der Waals surface area contributed by atoms with E-state index in [2.05, 4.69) is 10.3 Å². The highest BCUT2D eigenvalue weighted by molar-refractivity contribution is 6.43. The zero-order valence-electron chi connectivity index (χ0n) is 20.2. The molecule has 180 valence electrons. The molecule has 0 aliphatic heterocycles. The average Bonchev–Trinajstić information content (AvgIpc) is 2.91. The highest BCUT2D eigenvalue weighted by atomic mass is 16.6. The summed E-state index contributed by atoms with van der Waals surface area (Å²) in [6, 6.07) is 26.9. The molecule has 0 atom stereocenters. The van der Waals surface area contributed by atoms with Gasteiger partial charge in [-0.15, -0.1) is 0 Å². The van der Waals surface area contributed by atoms with Crippen LogP contribution in [0.5, 0.6) is 0 Å². The maximum atomic E-state index is 12.1. The molecule has 0 amide bonds. The van der Waals surface area contributed by atoms with Crippen molar-refractivity contribution < 1.29 is 19.2 Å². The number of benzene rings is 3. The summed E-state index contributed by atoms with van der Waals surface area (Å²) >= 11 is 0. The lowest BCUT2D eigenvalue weighted by molar-refractivity contribution is -0.132. The number of carbonyl (C=O) groups excluding carboxylic acids is 1. The van der Waals surface area contributed by atoms with Gasteiger partial charge in [-0.05, 0) is 38.1 Å². The Labute approximate surface area is 205 Å². The third-order valence-electron chi connectivity index (χ3n) is 5.03. The van der Waals surface area contributed by atoms with Crippen molar-refractivity contribution in [2.24, 2.45) is 15.4 Å². The zero-order valence-corrected chi connectivity index (χ0v) is 20.2. The van der Waals surface area contributed by atoms with Crippen molar-refractivity contribution in [1.82, 2.24) is 0 Å². The Kier molecular flexibility index (Phi) is 9.13. The summed E-state index contributed by atoms with van der Waals surface area (Å²) in [4.78, 5) is 22.6. The van der Waals surface area contributed by atoms with Crippen LogP contribution in [0.25, 0.3) is 0 Å². The maximum absolute atomic E-state index is 12.1. The first-order chi connectivity index (χ1) is 17.0. The number of rotatable bonds is 10. The van der Waals surface area contributed by atoms with Crippen LogP contribution in [0.1, 0.15) is 25.0 Å². The fourth-order valence-electron chi connectivity index (χ4n) is 3.15. The van der Waals surface area contributed by atoms with Gasteiger partial charge in [0, 0.05) is 11.1 Å². The molecule has 0 spiro atoms. The molecule has 35 heavy (non-hydrogen) atoms. The molecule has 0 saturated carbocycles. The molecule has 3 aromatic carbocycles. The molecular weight excluding hydrogens is 444 g/mol. The Morgan fingerprint density at radius 1 is 0.771 bits per heavy atom. The van der Waals surface area contributed by atoms with E-state index in [-0.39, 0.29) is 12.3 Å². The van der Waals surface area contributed by atoms with Crippen LogP contribution in [0.4, 0.5) is 11.4 Å². The molecule has 0 aromatic heterocycles. The summed E-state index contributed by atoms with van der Waals surface area (Å²) in [5.74, 6) is -0.608. The molecule has 0 aliphatic carbocycles. The van der Waals surface area contributed by atoms with Gasteiger partial charge in [0.2, 0.25) is 0 Å². The van der Waals surface area contributed by atoms with E-state index in [0.29, 0.717) is 22.6 Å². The minimum atomic E-state index is -0.608. The zero-order chi connectivity index (χ0) is 25.0. The van der Waals surface area contributed by atoms with Crippen molar-refractivity contribution in [3.05, 3.63) is 96.1 Å². The van der Waals surface area contributed by atoms with Crippen molar-refractivity contribution >= 4 is 34.5 Å². The molecular formula is C27H28N4O4. The molecule has 3 rings (SSSR count). The van der Waals surface area contributed by atoms with Crippen molar-refractivity contribution in [1.29, 1.82) is 0 Å². The van der Waals surface area contributed by atoms with Crippen LogP contribution < -0.4 is 5.01 Å². The third kappa shape index (κ3) is 6.77.